The van der Waals surface area contributed by atoms with Gasteiger partial charge in [-0.2, -0.15) is 5.26 Å². The highest BCUT2D eigenvalue weighted by Crippen LogP contribution is 2.25. The van der Waals surface area contributed by atoms with Crippen LogP contribution in [0.4, 0.5) is 0 Å². The van der Waals surface area contributed by atoms with E-state index in [1.807, 2.05) is 54.1 Å². The third kappa shape index (κ3) is 3.29. The van der Waals surface area contributed by atoms with Crippen molar-refractivity contribution in [3.05, 3.63) is 65.9 Å². The fourth-order valence-corrected chi connectivity index (χ4v) is 2.61. The van der Waals surface area contributed by atoms with E-state index in [4.69, 9.17) is 10.1 Å². The molecule has 0 aliphatic heterocycles. The van der Waals surface area contributed by atoms with Gasteiger partial charge in [-0.1, -0.05) is 30.3 Å². The van der Waals surface area contributed by atoms with Crippen molar-refractivity contribution in [3.63, 3.8) is 0 Å². The topological polar surface area (TPSA) is 67.4 Å². The Hall–Kier alpha value is -3.39. The number of nitrogens with zero attached hydrogens (tertiary/aromatic N) is 3. The molecule has 0 N–H and O–H groups in total. The van der Waals surface area contributed by atoms with Crippen LogP contribution in [0.1, 0.15) is 31.4 Å². The number of para-hydroxylation sites is 1. The molecule has 0 amide bonds. The molecule has 1 aromatic heterocycles. The van der Waals surface area contributed by atoms with Crippen LogP contribution in [0.2, 0.25) is 0 Å². The van der Waals surface area contributed by atoms with Crippen molar-refractivity contribution in [1.82, 2.24) is 4.57 Å². The average Bonchev–Trinajstić information content (AvgIpc) is 3.05. The van der Waals surface area contributed by atoms with Crippen LogP contribution in [0.25, 0.3) is 16.6 Å². The van der Waals surface area contributed by atoms with Crippen molar-refractivity contribution >= 4 is 22.6 Å². The van der Waals surface area contributed by atoms with Crippen LogP contribution < -0.4 is 0 Å². The third-order valence-corrected chi connectivity index (χ3v) is 3.95. The fraction of sp³-hybridized carbons (Fsp3) is 0.150. The van der Waals surface area contributed by atoms with E-state index >= 15 is 0 Å². The maximum Gasteiger partial charge on any atom is 0.334 e. The Balaban J connectivity index is 2.09. The third-order valence-electron chi connectivity index (χ3n) is 3.95. The van der Waals surface area contributed by atoms with Crippen molar-refractivity contribution in [2.24, 2.45) is 5.16 Å². The largest absolute Gasteiger partial charge is 0.334 e. The zero-order valence-electron chi connectivity index (χ0n) is 14.1. The zero-order chi connectivity index (χ0) is 17.8. The van der Waals surface area contributed by atoms with Gasteiger partial charge in [0.1, 0.15) is 0 Å². The Kier molecular flexibility index (Phi) is 4.62. The summed E-state index contributed by atoms with van der Waals surface area (Å²) in [6.45, 7) is 3.54. The van der Waals surface area contributed by atoms with Crippen molar-refractivity contribution in [2.75, 3.05) is 0 Å². The normalized spacial score (nSPS) is 11.3. The summed E-state index contributed by atoms with van der Waals surface area (Å²) in [5.41, 5.74) is 4.09. The van der Waals surface area contributed by atoms with Gasteiger partial charge in [0.25, 0.3) is 0 Å². The number of carbonyl (C=O) groups excluding carboxylic acids is 1. The molecule has 0 radical (unpaired) electrons. The second kappa shape index (κ2) is 7.02. The van der Waals surface area contributed by atoms with Gasteiger partial charge in [0, 0.05) is 29.3 Å². The summed E-state index contributed by atoms with van der Waals surface area (Å²) in [7, 11) is 0. The van der Waals surface area contributed by atoms with Gasteiger partial charge >= 0.3 is 5.97 Å². The molecule has 3 rings (SSSR count). The lowest BCUT2D eigenvalue weighted by Gasteiger charge is -2.04. The van der Waals surface area contributed by atoms with E-state index in [0.717, 1.165) is 22.2 Å². The number of hydrogen-bond acceptors (Lipinski definition) is 4. The predicted molar refractivity (Wildman–Crippen MR) is 96.6 cm³/mol. The summed E-state index contributed by atoms with van der Waals surface area (Å²) < 4.78 is 2.03. The van der Waals surface area contributed by atoms with Crippen LogP contribution in [0.3, 0.4) is 0 Å². The Morgan fingerprint density at radius 2 is 1.92 bits per heavy atom. The number of aromatic nitrogens is 1. The Labute approximate surface area is 145 Å². The summed E-state index contributed by atoms with van der Waals surface area (Å²) in [6.07, 6.45) is 2.24. The van der Waals surface area contributed by atoms with Crippen LogP contribution in [0, 0.1) is 11.3 Å². The first-order chi connectivity index (χ1) is 12.1. The number of hydrogen-bond donors (Lipinski definition) is 0. The summed E-state index contributed by atoms with van der Waals surface area (Å²) in [4.78, 5) is 16.2. The van der Waals surface area contributed by atoms with Crippen molar-refractivity contribution in [1.29, 1.82) is 5.26 Å². The molecule has 2 aromatic carbocycles. The van der Waals surface area contributed by atoms with E-state index in [1.165, 1.54) is 0 Å². The quantitative estimate of drug-likeness (QED) is 0.409. The smallest absolute Gasteiger partial charge is 0.318 e. The highest BCUT2D eigenvalue weighted by molar-refractivity contribution is 6.10. The van der Waals surface area contributed by atoms with Crippen LogP contribution in [-0.4, -0.2) is 16.2 Å². The molecule has 1 heterocycles. The highest BCUT2D eigenvalue weighted by Gasteiger charge is 2.12. The number of carbonyl (C=O) groups is 1. The minimum absolute atomic E-state index is 0.282. The SMILES string of the molecule is CCC(=O)O/N=C(\C)c1cn(-c2ccc(C#N)cc2)c2ccccc12. The molecule has 25 heavy (non-hydrogen) atoms. The fourth-order valence-electron chi connectivity index (χ4n) is 2.61. The van der Waals surface area contributed by atoms with Crippen molar-refractivity contribution < 1.29 is 9.63 Å². The molecule has 0 bridgehead atoms. The molecule has 0 fully saturated rings. The summed E-state index contributed by atoms with van der Waals surface area (Å²) in [5.74, 6) is -0.366. The molecular weight excluding hydrogens is 314 g/mol. The Morgan fingerprint density at radius 3 is 2.60 bits per heavy atom. The number of fused-ring (bicyclic) bond motifs is 1. The number of oxime groups is 1. The zero-order valence-corrected chi connectivity index (χ0v) is 14.1. The lowest BCUT2D eigenvalue weighted by Crippen LogP contribution is -2.01. The highest BCUT2D eigenvalue weighted by atomic mass is 16.7. The maximum atomic E-state index is 11.3. The minimum atomic E-state index is -0.366. The molecule has 0 saturated carbocycles. The number of nitriles is 1. The van der Waals surface area contributed by atoms with Crippen LogP contribution >= 0.6 is 0 Å². The molecule has 0 aliphatic carbocycles. The first-order valence-corrected chi connectivity index (χ1v) is 7.99. The van der Waals surface area contributed by atoms with Gasteiger partial charge in [-0.15, -0.1) is 0 Å². The molecule has 0 saturated heterocycles. The van der Waals surface area contributed by atoms with E-state index in [2.05, 4.69) is 11.2 Å². The average molecular weight is 331 g/mol. The molecule has 0 unspecified atom stereocenters. The van der Waals surface area contributed by atoms with Gasteiger partial charge in [-0.25, -0.2) is 4.79 Å². The first-order valence-electron chi connectivity index (χ1n) is 7.99. The van der Waals surface area contributed by atoms with E-state index in [0.29, 0.717) is 11.3 Å². The molecule has 0 atom stereocenters. The standard InChI is InChI=1S/C20H17N3O2/c1-3-20(24)25-22-14(2)18-13-23(19-7-5-4-6-17(18)19)16-10-8-15(12-21)9-11-16/h4-11,13H,3H2,1-2H3/b22-14+. The van der Waals surface area contributed by atoms with E-state index in [-0.39, 0.29) is 12.4 Å². The van der Waals surface area contributed by atoms with E-state index < -0.39 is 0 Å². The lowest BCUT2D eigenvalue weighted by atomic mass is 10.1. The summed E-state index contributed by atoms with van der Waals surface area (Å²) in [5, 5.41) is 13.9. The van der Waals surface area contributed by atoms with Gasteiger partial charge in [0.05, 0.1) is 22.9 Å². The predicted octanol–water partition coefficient (Wildman–Crippen LogP) is 4.18. The number of rotatable bonds is 4. The molecule has 124 valence electrons. The summed E-state index contributed by atoms with van der Waals surface area (Å²) >= 11 is 0. The first kappa shape index (κ1) is 16.5. The van der Waals surface area contributed by atoms with Crippen molar-refractivity contribution in [2.45, 2.75) is 20.3 Å². The second-order valence-electron chi connectivity index (χ2n) is 5.58. The Bertz CT molecular complexity index is 992. The van der Waals surface area contributed by atoms with E-state index in [1.54, 1.807) is 19.1 Å². The minimum Gasteiger partial charge on any atom is -0.318 e. The number of benzene rings is 2. The second-order valence-corrected chi connectivity index (χ2v) is 5.58. The van der Waals surface area contributed by atoms with Crippen LogP contribution in [-0.2, 0) is 9.63 Å². The molecular formula is C20H17N3O2. The van der Waals surface area contributed by atoms with Gasteiger partial charge in [0.2, 0.25) is 0 Å². The molecule has 0 spiro atoms. The van der Waals surface area contributed by atoms with Gasteiger partial charge in [-0.05, 0) is 37.3 Å². The van der Waals surface area contributed by atoms with Gasteiger partial charge in [0.15, 0.2) is 0 Å². The molecule has 5 nitrogen and oxygen atoms in total. The van der Waals surface area contributed by atoms with Gasteiger partial charge in [-0.3, -0.25) is 0 Å². The Morgan fingerprint density at radius 1 is 1.20 bits per heavy atom. The van der Waals surface area contributed by atoms with E-state index in [9.17, 15) is 4.79 Å². The van der Waals surface area contributed by atoms with Crippen molar-refractivity contribution in [3.8, 4) is 11.8 Å². The molecule has 5 heteroatoms. The van der Waals surface area contributed by atoms with Crippen LogP contribution in [0.5, 0.6) is 0 Å². The maximum absolute atomic E-state index is 11.3. The molecule has 3 aromatic rings. The van der Waals surface area contributed by atoms with Gasteiger partial charge < -0.3 is 9.40 Å². The monoisotopic (exact) mass is 331 g/mol. The summed E-state index contributed by atoms with van der Waals surface area (Å²) in [6, 6.07) is 17.4. The lowest BCUT2D eigenvalue weighted by molar-refractivity contribution is -0.143. The molecule has 0 aliphatic rings. The van der Waals surface area contributed by atoms with Crippen LogP contribution in [0.15, 0.2) is 59.9 Å².